The number of hydrogen-bond donors (Lipinski definition) is 4. The maximum absolute atomic E-state index is 12.8. The predicted molar refractivity (Wildman–Crippen MR) is 155 cm³/mol. The molecule has 5 N–H and O–H groups in total. The molecule has 1 fully saturated rings. The average molecular weight is 563 g/mol. The number of nitrogens with two attached hydrogens (primary N) is 1. The molecule has 11 nitrogen and oxygen atoms in total. The molecular formula is C28H30N6O5S. The number of nitrogens with one attached hydrogen (secondary N) is 3. The summed E-state index contributed by atoms with van der Waals surface area (Å²) < 4.78 is 33.8. The molecule has 0 aliphatic carbocycles. The summed E-state index contributed by atoms with van der Waals surface area (Å²) in [5, 5.41) is 3.46. The van der Waals surface area contributed by atoms with E-state index in [9.17, 15) is 18.0 Å². The van der Waals surface area contributed by atoms with E-state index in [1.54, 1.807) is 29.3 Å². The van der Waals surface area contributed by atoms with Gasteiger partial charge in [0, 0.05) is 67.3 Å². The summed E-state index contributed by atoms with van der Waals surface area (Å²) in [6.07, 6.45) is 1.72. The largest absolute Gasteiger partial charge is 0.484 e. The molecule has 0 radical (unpaired) electrons. The third-order valence-corrected chi connectivity index (χ3v) is 8.05. The number of ether oxygens (including phenoxy) is 1. The summed E-state index contributed by atoms with van der Waals surface area (Å²) in [4.78, 5) is 31.0. The Morgan fingerprint density at radius 3 is 2.30 bits per heavy atom. The van der Waals surface area contributed by atoms with Gasteiger partial charge in [0.1, 0.15) is 5.75 Å². The number of piperazine rings is 1. The summed E-state index contributed by atoms with van der Waals surface area (Å²) in [5.74, 6) is 0.268. The molecule has 0 atom stereocenters. The number of aromatic amines is 1. The molecule has 2 amide bonds. The number of aromatic nitrogens is 1. The smallest absolute Gasteiger partial charge is 0.261 e. The number of nitrogen functional groups attached to an aromatic ring is 1. The van der Waals surface area contributed by atoms with Crippen LogP contribution in [0.25, 0.3) is 10.9 Å². The predicted octanol–water partition coefficient (Wildman–Crippen LogP) is 3.24. The molecule has 208 valence electrons. The van der Waals surface area contributed by atoms with Crippen LogP contribution in [0.3, 0.4) is 0 Å². The van der Waals surface area contributed by atoms with Gasteiger partial charge in [-0.25, -0.2) is 8.42 Å². The van der Waals surface area contributed by atoms with Gasteiger partial charge in [-0.2, -0.15) is 0 Å². The SMILES string of the molecule is CC(=O)Nc1ccc(S(=O)(=O)Nc2ccc(N3CCN(C(=O)COc4ccc5[nH]cc(N)c5c4)CC3)cc2)cc1. The molecule has 12 heteroatoms. The molecule has 1 aliphatic rings. The first-order valence-corrected chi connectivity index (χ1v) is 14.2. The Morgan fingerprint density at radius 1 is 0.950 bits per heavy atom. The van der Waals surface area contributed by atoms with Crippen molar-refractivity contribution in [3.8, 4) is 5.75 Å². The fourth-order valence-corrected chi connectivity index (χ4v) is 5.60. The lowest BCUT2D eigenvalue weighted by atomic mass is 10.2. The minimum absolute atomic E-state index is 0.0549. The van der Waals surface area contributed by atoms with E-state index >= 15 is 0 Å². The molecule has 1 aromatic heterocycles. The molecule has 0 spiro atoms. The van der Waals surface area contributed by atoms with Crippen molar-refractivity contribution in [2.24, 2.45) is 0 Å². The van der Waals surface area contributed by atoms with Crippen molar-refractivity contribution in [1.82, 2.24) is 9.88 Å². The van der Waals surface area contributed by atoms with Gasteiger partial charge in [-0.05, 0) is 66.7 Å². The molecule has 1 saturated heterocycles. The van der Waals surface area contributed by atoms with Crippen LogP contribution in [0.5, 0.6) is 5.75 Å². The van der Waals surface area contributed by atoms with Gasteiger partial charge in [-0.15, -0.1) is 0 Å². The molecule has 4 aromatic rings. The number of amides is 2. The van der Waals surface area contributed by atoms with E-state index in [4.69, 9.17) is 10.5 Å². The Bertz CT molecular complexity index is 1630. The van der Waals surface area contributed by atoms with Gasteiger partial charge >= 0.3 is 0 Å². The van der Waals surface area contributed by atoms with Crippen molar-refractivity contribution in [3.05, 3.63) is 72.9 Å². The Hall–Kier alpha value is -4.71. The maximum Gasteiger partial charge on any atom is 0.261 e. The number of sulfonamides is 1. The van der Waals surface area contributed by atoms with Crippen LogP contribution in [0.1, 0.15) is 6.92 Å². The fraction of sp³-hybridized carbons (Fsp3) is 0.214. The second-order valence-corrected chi connectivity index (χ2v) is 11.1. The Balaban J connectivity index is 1.12. The van der Waals surface area contributed by atoms with Crippen LogP contribution in [0.4, 0.5) is 22.7 Å². The highest BCUT2D eigenvalue weighted by Crippen LogP contribution is 2.26. The first kappa shape index (κ1) is 26.9. The van der Waals surface area contributed by atoms with Crippen molar-refractivity contribution in [2.45, 2.75) is 11.8 Å². The van der Waals surface area contributed by atoms with Crippen LogP contribution in [0.2, 0.25) is 0 Å². The summed E-state index contributed by atoms with van der Waals surface area (Å²) in [6, 6.07) is 18.5. The van der Waals surface area contributed by atoms with E-state index in [0.717, 1.165) is 16.6 Å². The molecule has 0 saturated carbocycles. The van der Waals surface area contributed by atoms with E-state index in [1.165, 1.54) is 31.2 Å². The van der Waals surface area contributed by atoms with E-state index < -0.39 is 10.0 Å². The first-order valence-electron chi connectivity index (χ1n) is 12.7. The summed E-state index contributed by atoms with van der Waals surface area (Å²) in [7, 11) is -3.79. The highest BCUT2D eigenvalue weighted by atomic mass is 32.2. The number of benzene rings is 3. The van der Waals surface area contributed by atoms with Gasteiger partial charge in [0.25, 0.3) is 15.9 Å². The number of nitrogens with zero attached hydrogens (tertiary/aromatic N) is 2. The fourth-order valence-electron chi connectivity index (χ4n) is 4.54. The van der Waals surface area contributed by atoms with Crippen molar-refractivity contribution in [1.29, 1.82) is 0 Å². The van der Waals surface area contributed by atoms with E-state index in [2.05, 4.69) is 19.9 Å². The van der Waals surface area contributed by atoms with Crippen LogP contribution >= 0.6 is 0 Å². The number of rotatable bonds is 8. The minimum atomic E-state index is -3.79. The van der Waals surface area contributed by atoms with Gasteiger partial charge < -0.3 is 30.6 Å². The average Bonchev–Trinajstić information content (AvgIpc) is 3.32. The normalized spacial score (nSPS) is 13.7. The van der Waals surface area contributed by atoms with Crippen molar-refractivity contribution < 1.29 is 22.7 Å². The monoisotopic (exact) mass is 562 g/mol. The first-order chi connectivity index (χ1) is 19.2. The van der Waals surface area contributed by atoms with E-state index in [1.807, 2.05) is 24.3 Å². The number of carbonyl (C=O) groups is 2. The summed E-state index contributed by atoms with van der Waals surface area (Å²) in [6.45, 7) is 3.71. The summed E-state index contributed by atoms with van der Waals surface area (Å²) >= 11 is 0. The maximum atomic E-state index is 12.8. The van der Waals surface area contributed by atoms with Gasteiger partial charge in [-0.1, -0.05) is 0 Å². The van der Waals surface area contributed by atoms with Gasteiger partial charge in [-0.3, -0.25) is 14.3 Å². The standard InChI is InChI=1S/C28H30N6O5S/c1-19(35)31-20-4-9-24(10-5-20)40(37,38)32-21-2-6-22(7-3-21)33-12-14-34(15-13-33)28(36)18-39-23-8-11-27-25(16-23)26(29)17-30-27/h2-11,16-17,30,32H,12-15,18,29H2,1H3,(H,31,35). The quantitative estimate of drug-likeness (QED) is 0.258. The zero-order valence-corrected chi connectivity index (χ0v) is 22.7. The van der Waals surface area contributed by atoms with Crippen LogP contribution < -0.4 is 25.4 Å². The molecule has 5 rings (SSSR count). The van der Waals surface area contributed by atoms with Crippen LogP contribution in [0.15, 0.2) is 77.8 Å². The number of fused-ring (bicyclic) bond motifs is 1. The van der Waals surface area contributed by atoms with E-state index in [0.29, 0.717) is 49.0 Å². The second-order valence-electron chi connectivity index (χ2n) is 9.47. The Morgan fingerprint density at radius 2 is 1.62 bits per heavy atom. The molecular weight excluding hydrogens is 532 g/mol. The Kier molecular flexibility index (Phi) is 7.52. The molecule has 40 heavy (non-hydrogen) atoms. The number of H-pyrrole nitrogens is 1. The highest BCUT2D eigenvalue weighted by molar-refractivity contribution is 7.92. The molecule has 1 aliphatic heterocycles. The minimum Gasteiger partial charge on any atom is -0.484 e. The van der Waals surface area contributed by atoms with Gasteiger partial charge in [0.15, 0.2) is 6.61 Å². The number of carbonyl (C=O) groups excluding carboxylic acids is 2. The van der Waals surface area contributed by atoms with Gasteiger partial charge in [0.2, 0.25) is 5.91 Å². The lowest BCUT2D eigenvalue weighted by Gasteiger charge is -2.36. The summed E-state index contributed by atoms with van der Waals surface area (Å²) in [5.41, 5.74) is 9.37. The van der Waals surface area contributed by atoms with Crippen molar-refractivity contribution >= 4 is 55.5 Å². The number of hydrogen-bond acceptors (Lipinski definition) is 7. The Labute approximate surface area is 232 Å². The third kappa shape index (κ3) is 6.12. The zero-order valence-electron chi connectivity index (χ0n) is 21.9. The van der Waals surface area contributed by atoms with Crippen LogP contribution in [-0.4, -0.2) is 62.9 Å². The lowest BCUT2D eigenvalue weighted by Crippen LogP contribution is -2.50. The van der Waals surface area contributed by atoms with E-state index in [-0.39, 0.29) is 23.3 Å². The topological polar surface area (TPSA) is 150 Å². The molecule has 0 bridgehead atoms. The highest BCUT2D eigenvalue weighted by Gasteiger charge is 2.22. The zero-order chi connectivity index (χ0) is 28.3. The number of anilines is 4. The second kappa shape index (κ2) is 11.2. The van der Waals surface area contributed by atoms with Gasteiger partial charge in [0.05, 0.1) is 10.6 Å². The van der Waals surface area contributed by atoms with Crippen molar-refractivity contribution in [3.63, 3.8) is 0 Å². The molecule has 0 unspecified atom stereocenters. The molecule has 2 heterocycles. The van der Waals surface area contributed by atoms with Crippen LogP contribution in [-0.2, 0) is 19.6 Å². The third-order valence-electron chi connectivity index (χ3n) is 6.65. The van der Waals surface area contributed by atoms with Crippen molar-refractivity contribution in [2.75, 3.05) is 53.5 Å². The molecule has 3 aromatic carbocycles. The lowest BCUT2D eigenvalue weighted by molar-refractivity contribution is -0.133. The van der Waals surface area contributed by atoms with Crippen LogP contribution in [0, 0.1) is 0 Å².